The number of carbonyl (C=O) groups is 4. The Morgan fingerprint density at radius 2 is 1.82 bits per heavy atom. The molecule has 0 saturated heterocycles. The molecule has 0 saturated carbocycles. The minimum absolute atomic E-state index is 0.482. The van der Waals surface area contributed by atoms with Crippen LogP contribution < -0.4 is 0 Å². The van der Waals surface area contributed by atoms with E-state index < -0.39 is 60.5 Å². The molecule has 0 unspecified atom stereocenters. The highest BCUT2D eigenvalue weighted by Gasteiger charge is 2.42. The molecule has 10 nitrogen and oxygen atoms in total. The van der Waals surface area contributed by atoms with Gasteiger partial charge in [0.2, 0.25) is 0 Å². The molecule has 156 valence electrons. The molecule has 5 atom stereocenters. The molecule has 0 fully saturated rings. The van der Waals surface area contributed by atoms with Gasteiger partial charge in [-0.05, 0) is 25.2 Å². The molecule has 2 N–H and O–H groups in total. The number of carbonyl (C=O) groups excluding carboxylic acids is 4. The molecule has 0 aromatic rings. The smallest absolute Gasteiger partial charge is 0.331 e. The topological polar surface area (TPSA) is 146 Å². The standard InChI is InChI=1S/C18H24O10/c1-10(25-11(2)19)18(24,28-13(4)21)9-14(26-12(3)20)5-7-16-15(22)6-8-17(23)27-16/h5-8,10,14-16,22,24H,9H2,1-4H3/b7-5-/t10-,14+,15-,16-,18+/m0/s1. The minimum Gasteiger partial charge on any atom is -0.458 e. The fourth-order valence-electron chi connectivity index (χ4n) is 2.45. The molecule has 0 aromatic carbocycles. The van der Waals surface area contributed by atoms with E-state index in [1.54, 1.807) is 0 Å². The van der Waals surface area contributed by atoms with Gasteiger partial charge in [-0.1, -0.05) is 0 Å². The van der Waals surface area contributed by atoms with E-state index in [1.165, 1.54) is 25.2 Å². The van der Waals surface area contributed by atoms with Crippen LogP contribution in [0.4, 0.5) is 0 Å². The Labute approximate surface area is 161 Å². The summed E-state index contributed by atoms with van der Waals surface area (Å²) in [5, 5.41) is 20.5. The molecule has 0 radical (unpaired) electrons. The lowest BCUT2D eigenvalue weighted by atomic mass is 10.0. The zero-order valence-electron chi connectivity index (χ0n) is 16.0. The lowest BCUT2D eigenvalue weighted by Gasteiger charge is -2.34. The average Bonchev–Trinajstić information content (AvgIpc) is 2.53. The van der Waals surface area contributed by atoms with E-state index in [-0.39, 0.29) is 0 Å². The van der Waals surface area contributed by atoms with Gasteiger partial charge in [-0.2, -0.15) is 0 Å². The zero-order chi connectivity index (χ0) is 21.5. The zero-order valence-corrected chi connectivity index (χ0v) is 16.0. The fourth-order valence-corrected chi connectivity index (χ4v) is 2.45. The van der Waals surface area contributed by atoms with Gasteiger partial charge in [0.25, 0.3) is 5.79 Å². The highest BCUT2D eigenvalue weighted by atomic mass is 16.7. The van der Waals surface area contributed by atoms with Crippen molar-refractivity contribution in [3.63, 3.8) is 0 Å². The van der Waals surface area contributed by atoms with Crippen LogP contribution in [0.1, 0.15) is 34.1 Å². The summed E-state index contributed by atoms with van der Waals surface area (Å²) < 4.78 is 19.8. The van der Waals surface area contributed by atoms with Crippen molar-refractivity contribution in [1.29, 1.82) is 0 Å². The van der Waals surface area contributed by atoms with Crippen molar-refractivity contribution in [2.45, 2.75) is 64.3 Å². The molecule has 0 bridgehead atoms. The van der Waals surface area contributed by atoms with Crippen LogP contribution in [-0.4, -0.2) is 64.3 Å². The molecule has 0 spiro atoms. The monoisotopic (exact) mass is 400 g/mol. The fraction of sp³-hybridized carbons (Fsp3) is 0.556. The van der Waals surface area contributed by atoms with Gasteiger partial charge >= 0.3 is 23.9 Å². The second kappa shape index (κ2) is 10.00. The predicted molar refractivity (Wildman–Crippen MR) is 92.3 cm³/mol. The first-order valence-corrected chi connectivity index (χ1v) is 8.44. The van der Waals surface area contributed by atoms with Crippen LogP contribution in [0.25, 0.3) is 0 Å². The van der Waals surface area contributed by atoms with Crippen LogP contribution in [0, 0.1) is 0 Å². The Bertz CT molecular complexity index is 667. The molecule has 0 aliphatic carbocycles. The van der Waals surface area contributed by atoms with E-state index in [2.05, 4.69) is 0 Å². The molecule has 1 heterocycles. The second-order valence-corrected chi connectivity index (χ2v) is 6.18. The third kappa shape index (κ3) is 7.49. The van der Waals surface area contributed by atoms with Crippen molar-refractivity contribution in [3.05, 3.63) is 24.3 Å². The molecule has 1 rings (SSSR count). The van der Waals surface area contributed by atoms with Gasteiger partial charge in [0.15, 0.2) is 6.10 Å². The number of cyclic esters (lactones) is 1. The van der Waals surface area contributed by atoms with Crippen LogP contribution >= 0.6 is 0 Å². The number of aliphatic hydroxyl groups is 2. The third-order valence-corrected chi connectivity index (χ3v) is 3.64. The number of aliphatic hydroxyl groups excluding tert-OH is 1. The summed E-state index contributed by atoms with van der Waals surface area (Å²) in [6.45, 7) is 4.59. The Hall–Kier alpha value is -2.72. The van der Waals surface area contributed by atoms with E-state index in [4.69, 9.17) is 18.9 Å². The van der Waals surface area contributed by atoms with Gasteiger partial charge in [-0.15, -0.1) is 0 Å². The molecule has 10 heteroatoms. The number of rotatable bonds is 8. The summed E-state index contributed by atoms with van der Waals surface area (Å²) in [7, 11) is 0. The van der Waals surface area contributed by atoms with Gasteiger partial charge < -0.3 is 29.2 Å². The van der Waals surface area contributed by atoms with Crippen LogP contribution in [0.15, 0.2) is 24.3 Å². The van der Waals surface area contributed by atoms with E-state index in [0.29, 0.717) is 0 Å². The quantitative estimate of drug-likeness (QED) is 0.245. The number of ether oxygens (including phenoxy) is 4. The SMILES string of the molecule is CC(=O)O[C@H](/C=C\[C@@H]1OC(=O)C=C[C@@H]1O)C[C@@](O)(OC(C)=O)[C@H](C)OC(C)=O. The van der Waals surface area contributed by atoms with E-state index in [1.807, 2.05) is 0 Å². The van der Waals surface area contributed by atoms with Crippen LogP contribution in [0.5, 0.6) is 0 Å². The average molecular weight is 400 g/mol. The molecule has 0 aromatic heterocycles. The van der Waals surface area contributed by atoms with Crippen molar-refractivity contribution < 1.29 is 48.3 Å². The van der Waals surface area contributed by atoms with Gasteiger partial charge in [0.1, 0.15) is 18.3 Å². The van der Waals surface area contributed by atoms with Gasteiger partial charge in [0, 0.05) is 26.8 Å². The minimum atomic E-state index is -2.30. The molecule has 28 heavy (non-hydrogen) atoms. The van der Waals surface area contributed by atoms with Crippen molar-refractivity contribution in [1.82, 2.24) is 0 Å². The lowest BCUT2D eigenvalue weighted by Crippen LogP contribution is -2.49. The van der Waals surface area contributed by atoms with Crippen molar-refractivity contribution in [3.8, 4) is 0 Å². The summed E-state index contributed by atoms with van der Waals surface area (Å²) >= 11 is 0. The maximum absolute atomic E-state index is 11.4. The summed E-state index contributed by atoms with van der Waals surface area (Å²) in [6.07, 6.45) is -0.232. The maximum atomic E-state index is 11.4. The Morgan fingerprint density at radius 3 is 2.36 bits per heavy atom. The third-order valence-electron chi connectivity index (χ3n) is 3.64. The highest BCUT2D eigenvalue weighted by molar-refractivity contribution is 5.83. The Morgan fingerprint density at radius 1 is 1.21 bits per heavy atom. The van der Waals surface area contributed by atoms with Gasteiger partial charge in [-0.3, -0.25) is 14.4 Å². The largest absolute Gasteiger partial charge is 0.458 e. The van der Waals surface area contributed by atoms with E-state index in [0.717, 1.165) is 26.8 Å². The summed E-state index contributed by atoms with van der Waals surface area (Å²) in [5.74, 6) is -5.25. The van der Waals surface area contributed by atoms with Gasteiger partial charge in [-0.25, -0.2) is 4.79 Å². The van der Waals surface area contributed by atoms with Crippen LogP contribution in [0.2, 0.25) is 0 Å². The van der Waals surface area contributed by atoms with Crippen molar-refractivity contribution in [2.75, 3.05) is 0 Å². The maximum Gasteiger partial charge on any atom is 0.331 e. The normalized spacial score (nSPS) is 23.3. The van der Waals surface area contributed by atoms with E-state index in [9.17, 15) is 29.4 Å². The Kier molecular flexibility index (Phi) is 8.33. The Balaban J connectivity index is 3.05. The number of hydrogen-bond acceptors (Lipinski definition) is 10. The van der Waals surface area contributed by atoms with Gasteiger partial charge in [0.05, 0.1) is 6.42 Å². The first-order chi connectivity index (χ1) is 12.9. The molecular formula is C18H24O10. The summed E-state index contributed by atoms with van der Waals surface area (Å²) in [6, 6.07) is 0. The first-order valence-electron chi connectivity index (χ1n) is 8.44. The van der Waals surface area contributed by atoms with Crippen LogP contribution in [-0.2, 0) is 38.1 Å². The summed E-state index contributed by atoms with van der Waals surface area (Å²) in [5.41, 5.74) is 0. The van der Waals surface area contributed by atoms with Crippen LogP contribution in [0.3, 0.4) is 0 Å². The number of esters is 4. The highest BCUT2D eigenvalue weighted by Crippen LogP contribution is 2.25. The molecule has 1 aliphatic heterocycles. The number of hydrogen-bond donors (Lipinski definition) is 2. The molecule has 1 aliphatic rings. The van der Waals surface area contributed by atoms with Crippen molar-refractivity contribution in [2.24, 2.45) is 0 Å². The molecular weight excluding hydrogens is 376 g/mol. The second-order valence-electron chi connectivity index (χ2n) is 6.18. The predicted octanol–water partition coefficient (Wildman–Crippen LogP) is -0.0898. The van der Waals surface area contributed by atoms with E-state index >= 15 is 0 Å². The van der Waals surface area contributed by atoms with Crippen molar-refractivity contribution >= 4 is 23.9 Å². The molecule has 0 amide bonds. The first kappa shape index (κ1) is 23.3. The lowest BCUT2D eigenvalue weighted by molar-refractivity contribution is -0.257. The summed E-state index contributed by atoms with van der Waals surface area (Å²) in [4.78, 5) is 45.3.